The maximum Gasteiger partial charge on any atom is 0.302 e. The van der Waals surface area contributed by atoms with E-state index in [2.05, 4.69) is 0 Å². The van der Waals surface area contributed by atoms with Crippen LogP contribution in [0.4, 0.5) is 0 Å². The molecule has 2 nitrogen and oxygen atoms in total. The zero-order valence-electron chi connectivity index (χ0n) is 6.54. The smallest absolute Gasteiger partial charge is 0.302 e. The van der Waals surface area contributed by atoms with Gasteiger partial charge in [-0.2, -0.15) is 0 Å². The fourth-order valence-electron chi connectivity index (χ4n) is 0.818. The van der Waals surface area contributed by atoms with Crippen molar-refractivity contribution >= 4 is 29.5 Å². The van der Waals surface area contributed by atoms with Crippen LogP contribution in [0, 0.1) is 0 Å². The van der Waals surface area contributed by atoms with Crippen LogP contribution in [0.3, 0.4) is 0 Å². The van der Waals surface area contributed by atoms with E-state index in [1.54, 1.807) is 0 Å². The standard InChI is InChI=1S/C7H12O2S2/c1-6(8)9-5-7-10-3-2-4-11-7/h7H,2-5H2,1H3. The third-order valence-electron chi connectivity index (χ3n) is 1.32. The highest BCUT2D eigenvalue weighted by Gasteiger charge is 2.14. The van der Waals surface area contributed by atoms with Crippen molar-refractivity contribution in [3.63, 3.8) is 0 Å². The SMILES string of the molecule is CC(=O)OCC1SCCCS1. The van der Waals surface area contributed by atoms with Crippen molar-refractivity contribution < 1.29 is 9.53 Å². The normalized spacial score (nSPS) is 19.7. The van der Waals surface area contributed by atoms with Gasteiger partial charge in [0.2, 0.25) is 0 Å². The Hall–Kier alpha value is 0.170. The Kier molecular flexibility index (Phi) is 4.15. The van der Waals surface area contributed by atoms with E-state index in [-0.39, 0.29) is 5.97 Å². The lowest BCUT2D eigenvalue weighted by Gasteiger charge is -2.19. The van der Waals surface area contributed by atoms with Crippen LogP contribution in [0.5, 0.6) is 0 Å². The molecule has 0 unspecified atom stereocenters. The van der Waals surface area contributed by atoms with Gasteiger partial charge in [-0.25, -0.2) is 0 Å². The van der Waals surface area contributed by atoms with Crippen molar-refractivity contribution in [2.45, 2.75) is 17.9 Å². The molecule has 64 valence electrons. The molecule has 0 atom stereocenters. The summed E-state index contributed by atoms with van der Waals surface area (Å²) in [5, 5.41) is 0. The molecule has 1 saturated heterocycles. The first kappa shape index (κ1) is 9.26. The van der Waals surface area contributed by atoms with Crippen molar-refractivity contribution in [3.05, 3.63) is 0 Å². The monoisotopic (exact) mass is 192 g/mol. The fourth-order valence-corrected chi connectivity index (χ4v) is 3.44. The number of carbonyl (C=O) groups is 1. The summed E-state index contributed by atoms with van der Waals surface area (Å²) in [6.45, 7) is 2.03. The molecule has 0 aromatic carbocycles. The second-order valence-electron chi connectivity index (χ2n) is 2.33. The van der Waals surface area contributed by atoms with Gasteiger partial charge in [-0.3, -0.25) is 4.79 Å². The third-order valence-corrected chi connectivity index (χ3v) is 4.20. The summed E-state index contributed by atoms with van der Waals surface area (Å²) in [6.07, 6.45) is 1.28. The van der Waals surface area contributed by atoms with E-state index in [0.717, 1.165) is 0 Å². The number of rotatable bonds is 2. The molecule has 0 aromatic rings. The average molecular weight is 192 g/mol. The Morgan fingerprint density at radius 2 is 2.18 bits per heavy atom. The summed E-state index contributed by atoms with van der Waals surface area (Å²) in [5.41, 5.74) is 0. The van der Waals surface area contributed by atoms with E-state index >= 15 is 0 Å². The number of carbonyl (C=O) groups excluding carboxylic acids is 1. The third kappa shape index (κ3) is 3.91. The molecule has 0 N–H and O–H groups in total. The number of hydrogen-bond donors (Lipinski definition) is 0. The van der Waals surface area contributed by atoms with Crippen molar-refractivity contribution in [1.82, 2.24) is 0 Å². The van der Waals surface area contributed by atoms with E-state index in [4.69, 9.17) is 4.74 Å². The number of esters is 1. The Morgan fingerprint density at radius 3 is 2.73 bits per heavy atom. The zero-order valence-corrected chi connectivity index (χ0v) is 8.17. The predicted octanol–water partition coefficient (Wildman–Crippen LogP) is 1.75. The molecule has 0 spiro atoms. The molecule has 1 aliphatic rings. The van der Waals surface area contributed by atoms with Gasteiger partial charge in [-0.05, 0) is 17.9 Å². The van der Waals surface area contributed by atoms with E-state index in [1.165, 1.54) is 24.9 Å². The van der Waals surface area contributed by atoms with E-state index < -0.39 is 0 Å². The molecule has 1 heterocycles. The molecule has 4 heteroatoms. The molecular formula is C7H12O2S2. The second kappa shape index (κ2) is 4.93. The Labute approximate surface area is 75.4 Å². The lowest BCUT2D eigenvalue weighted by Crippen LogP contribution is -2.15. The highest BCUT2D eigenvalue weighted by Crippen LogP contribution is 2.30. The van der Waals surface area contributed by atoms with Crippen LogP contribution < -0.4 is 0 Å². The molecule has 1 fully saturated rings. The van der Waals surface area contributed by atoms with Gasteiger partial charge in [0.25, 0.3) is 0 Å². The van der Waals surface area contributed by atoms with Crippen molar-refractivity contribution in [3.8, 4) is 0 Å². The quantitative estimate of drug-likeness (QED) is 0.623. The molecule has 0 aromatic heterocycles. The molecule has 0 amide bonds. The van der Waals surface area contributed by atoms with Gasteiger partial charge >= 0.3 is 5.97 Å². The van der Waals surface area contributed by atoms with Crippen molar-refractivity contribution in [2.75, 3.05) is 18.1 Å². The van der Waals surface area contributed by atoms with Gasteiger partial charge in [0, 0.05) is 6.92 Å². The summed E-state index contributed by atoms with van der Waals surface area (Å²) in [5.74, 6) is 2.24. The van der Waals surface area contributed by atoms with Crippen LogP contribution >= 0.6 is 23.5 Å². The van der Waals surface area contributed by atoms with Gasteiger partial charge in [-0.15, -0.1) is 23.5 Å². The molecule has 0 saturated carbocycles. The minimum absolute atomic E-state index is 0.170. The summed E-state index contributed by atoms with van der Waals surface area (Å²) in [4.78, 5) is 10.4. The van der Waals surface area contributed by atoms with E-state index in [0.29, 0.717) is 11.2 Å². The molecule has 11 heavy (non-hydrogen) atoms. The van der Waals surface area contributed by atoms with Crippen molar-refractivity contribution in [2.24, 2.45) is 0 Å². The minimum Gasteiger partial charge on any atom is -0.464 e. The fraction of sp³-hybridized carbons (Fsp3) is 0.857. The molecule has 0 aliphatic carbocycles. The summed E-state index contributed by atoms with van der Waals surface area (Å²) < 4.78 is 5.38. The molecule has 0 bridgehead atoms. The van der Waals surface area contributed by atoms with E-state index in [1.807, 2.05) is 23.5 Å². The highest BCUT2D eigenvalue weighted by molar-refractivity contribution is 8.17. The van der Waals surface area contributed by atoms with Crippen LogP contribution in [-0.2, 0) is 9.53 Å². The van der Waals surface area contributed by atoms with Crippen LogP contribution in [0.2, 0.25) is 0 Å². The summed E-state index contributed by atoms with van der Waals surface area (Å²) in [7, 11) is 0. The van der Waals surface area contributed by atoms with Crippen LogP contribution in [0.15, 0.2) is 0 Å². The first-order chi connectivity index (χ1) is 5.29. The minimum atomic E-state index is -0.170. The highest BCUT2D eigenvalue weighted by atomic mass is 32.2. The van der Waals surface area contributed by atoms with Crippen molar-refractivity contribution in [1.29, 1.82) is 0 Å². The van der Waals surface area contributed by atoms with Gasteiger partial charge in [-0.1, -0.05) is 0 Å². The molecular weight excluding hydrogens is 180 g/mol. The number of ether oxygens (including phenoxy) is 1. The van der Waals surface area contributed by atoms with Gasteiger partial charge in [0.15, 0.2) is 0 Å². The van der Waals surface area contributed by atoms with E-state index in [9.17, 15) is 4.79 Å². The van der Waals surface area contributed by atoms with Crippen LogP contribution in [-0.4, -0.2) is 28.7 Å². The Balaban J connectivity index is 2.09. The number of hydrogen-bond acceptors (Lipinski definition) is 4. The Bertz CT molecular complexity index is 132. The largest absolute Gasteiger partial charge is 0.464 e. The predicted molar refractivity (Wildman–Crippen MR) is 50.0 cm³/mol. The lowest BCUT2D eigenvalue weighted by atomic mass is 10.6. The van der Waals surface area contributed by atoms with Gasteiger partial charge < -0.3 is 4.74 Å². The molecule has 0 radical (unpaired) electrons. The lowest BCUT2D eigenvalue weighted by molar-refractivity contribution is -0.140. The van der Waals surface area contributed by atoms with Crippen LogP contribution in [0.1, 0.15) is 13.3 Å². The van der Waals surface area contributed by atoms with Gasteiger partial charge in [0.05, 0.1) is 4.58 Å². The first-order valence-corrected chi connectivity index (χ1v) is 5.75. The topological polar surface area (TPSA) is 26.3 Å². The second-order valence-corrected chi connectivity index (χ2v) is 5.25. The van der Waals surface area contributed by atoms with Crippen LogP contribution in [0.25, 0.3) is 0 Å². The average Bonchev–Trinajstić information content (AvgIpc) is 2.03. The molecule has 1 rings (SSSR count). The Morgan fingerprint density at radius 1 is 1.55 bits per heavy atom. The zero-order chi connectivity index (χ0) is 8.10. The summed E-state index contributed by atoms with van der Waals surface area (Å²) >= 11 is 3.78. The first-order valence-electron chi connectivity index (χ1n) is 3.65. The maximum absolute atomic E-state index is 10.4. The maximum atomic E-state index is 10.4. The summed E-state index contributed by atoms with van der Waals surface area (Å²) in [6, 6.07) is 0. The molecule has 1 aliphatic heterocycles. The van der Waals surface area contributed by atoms with Gasteiger partial charge in [0.1, 0.15) is 6.61 Å². The number of thioether (sulfide) groups is 2.